The summed E-state index contributed by atoms with van der Waals surface area (Å²) in [5, 5.41) is 10.8. The molecule has 0 atom stereocenters. The molecule has 4 heterocycles. The normalized spacial score (nSPS) is 14.0. The summed E-state index contributed by atoms with van der Waals surface area (Å²) in [5.74, 6) is 2.85. The van der Waals surface area contributed by atoms with Gasteiger partial charge >= 0.3 is 0 Å². The molecule has 0 fully saturated rings. The Morgan fingerprint density at radius 3 is 2.77 bits per heavy atom. The average molecular weight is 452 g/mol. The first kappa shape index (κ1) is 20.4. The molecule has 7 nitrogen and oxygen atoms in total. The van der Waals surface area contributed by atoms with Gasteiger partial charge in [-0.15, -0.1) is 21.5 Å². The van der Waals surface area contributed by atoms with E-state index in [0.717, 1.165) is 58.4 Å². The second-order valence-electron chi connectivity index (χ2n) is 7.75. The van der Waals surface area contributed by atoms with E-state index in [1.54, 1.807) is 35.5 Å². The van der Waals surface area contributed by atoms with Crippen LogP contribution < -0.4 is 5.73 Å². The molecule has 1 aliphatic rings. The molecule has 0 radical (unpaired) electrons. The molecule has 4 aromatic heterocycles. The summed E-state index contributed by atoms with van der Waals surface area (Å²) in [4.78, 5) is 16.1. The molecular formula is C22H25N7S2. The van der Waals surface area contributed by atoms with Crippen molar-refractivity contribution in [3.8, 4) is 11.4 Å². The van der Waals surface area contributed by atoms with Crippen LogP contribution in [0.3, 0.4) is 0 Å². The number of aromatic nitrogens is 6. The van der Waals surface area contributed by atoms with Crippen molar-refractivity contribution in [1.29, 1.82) is 0 Å². The van der Waals surface area contributed by atoms with Gasteiger partial charge in [-0.2, -0.15) is 0 Å². The highest BCUT2D eigenvalue weighted by atomic mass is 32.2. The van der Waals surface area contributed by atoms with Crippen LogP contribution in [0.15, 0.2) is 29.7 Å². The Hall–Kier alpha value is -2.52. The predicted molar refractivity (Wildman–Crippen MR) is 126 cm³/mol. The third kappa shape index (κ3) is 4.04. The summed E-state index contributed by atoms with van der Waals surface area (Å²) >= 11 is 3.41. The molecule has 9 heteroatoms. The molecule has 0 unspecified atom stereocenters. The molecular weight excluding hydrogens is 426 g/mol. The van der Waals surface area contributed by atoms with E-state index in [2.05, 4.69) is 31.7 Å². The molecule has 0 spiro atoms. The van der Waals surface area contributed by atoms with E-state index in [4.69, 9.17) is 10.7 Å². The zero-order valence-corrected chi connectivity index (χ0v) is 19.2. The first-order valence-electron chi connectivity index (χ1n) is 10.8. The number of thiophene rings is 1. The molecule has 4 aromatic rings. The first-order chi connectivity index (χ1) is 15.2. The van der Waals surface area contributed by atoms with Crippen molar-refractivity contribution in [2.45, 2.75) is 62.9 Å². The zero-order valence-electron chi connectivity index (χ0n) is 17.5. The highest BCUT2D eigenvalue weighted by molar-refractivity contribution is 7.98. The fraction of sp³-hybridized carbons (Fsp3) is 0.409. The lowest BCUT2D eigenvalue weighted by Crippen LogP contribution is -2.03. The van der Waals surface area contributed by atoms with E-state index in [0.29, 0.717) is 11.6 Å². The molecule has 2 N–H and O–H groups in total. The van der Waals surface area contributed by atoms with E-state index < -0.39 is 0 Å². The number of thioether (sulfide) groups is 1. The number of nitrogens with zero attached hydrogens (tertiary/aromatic N) is 6. The van der Waals surface area contributed by atoms with Gasteiger partial charge in [-0.25, -0.2) is 9.97 Å². The Balaban J connectivity index is 1.42. The molecule has 0 bridgehead atoms. The van der Waals surface area contributed by atoms with Crippen molar-refractivity contribution in [3.63, 3.8) is 0 Å². The molecule has 0 saturated carbocycles. The number of nitrogen functional groups attached to an aromatic ring is 1. The number of hydrogen-bond acceptors (Lipinski definition) is 8. The minimum Gasteiger partial charge on any atom is -0.383 e. The fourth-order valence-corrected chi connectivity index (χ4v) is 6.24. The molecule has 0 aromatic carbocycles. The smallest absolute Gasteiger partial charge is 0.191 e. The van der Waals surface area contributed by atoms with Crippen LogP contribution in [0, 0.1) is 0 Å². The summed E-state index contributed by atoms with van der Waals surface area (Å²) in [5.41, 5.74) is 8.82. The summed E-state index contributed by atoms with van der Waals surface area (Å²) < 4.78 is 2.16. The lowest BCUT2D eigenvalue weighted by molar-refractivity contribution is 0.626. The predicted octanol–water partition coefficient (Wildman–Crippen LogP) is 4.90. The van der Waals surface area contributed by atoms with Gasteiger partial charge in [-0.05, 0) is 49.8 Å². The largest absolute Gasteiger partial charge is 0.383 e. The number of nitrogens with two attached hydrogens (primary N) is 1. The van der Waals surface area contributed by atoms with E-state index in [9.17, 15) is 0 Å². The number of anilines is 1. The number of fused-ring (bicyclic) bond motifs is 3. The standard InChI is InChI=1S/C22H25N7S2/c1-2-12-29-20(14-8-10-24-11-9-14)27-28-22(29)30-13-17-25-19(23)18-15-6-4-3-5-7-16(15)31-21(18)26-17/h8-11H,2-7,12-13H2,1H3,(H2,23,25,26). The Morgan fingerprint density at radius 1 is 1.10 bits per heavy atom. The van der Waals surface area contributed by atoms with Gasteiger partial charge in [0.05, 0.1) is 11.1 Å². The van der Waals surface area contributed by atoms with Gasteiger partial charge < -0.3 is 10.3 Å². The second kappa shape index (κ2) is 8.92. The van der Waals surface area contributed by atoms with Gasteiger partial charge in [0.25, 0.3) is 0 Å². The van der Waals surface area contributed by atoms with Gasteiger partial charge in [-0.3, -0.25) is 4.98 Å². The quantitative estimate of drug-likeness (QED) is 0.329. The minimum atomic E-state index is 0.612. The molecule has 0 aliphatic heterocycles. The monoisotopic (exact) mass is 451 g/mol. The number of pyridine rings is 1. The van der Waals surface area contributed by atoms with Crippen LogP contribution in [-0.4, -0.2) is 29.7 Å². The average Bonchev–Trinajstić information content (AvgIpc) is 3.26. The van der Waals surface area contributed by atoms with E-state index in [1.165, 1.54) is 29.7 Å². The fourth-order valence-electron chi connectivity index (χ4n) is 4.14. The maximum Gasteiger partial charge on any atom is 0.191 e. The van der Waals surface area contributed by atoms with Crippen molar-refractivity contribution < 1.29 is 0 Å². The molecule has 5 rings (SSSR count). The maximum atomic E-state index is 6.41. The maximum absolute atomic E-state index is 6.41. The van der Waals surface area contributed by atoms with Crippen LogP contribution in [-0.2, 0) is 25.1 Å². The Labute approximate surface area is 189 Å². The molecule has 0 amide bonds. The van der Waals surface area contributed by atoms with Crippen molar-refractivity contribution in [2.24, 2.45) is 0 Å². The Bertz CT molecular complexity index is 1200. The highest BCUT2D eigenvalue weighted by Crippen LogP contribution is 2.37. The summed E-state index contributed by atoms with van der Waals surface area (Å²) in [7, 11) is 0. The lowest BCUT2D eigenvalue weighted by atomic mass is 10.1. The Morgan fingerprint density at radius 2 is 1.94 bits per heavy atom. The second-order valence-corrected chi connectivity index (χ2v) is 9.78. The van der Waals surface area contributed by atoms with E-state index >= 15 is 0 Å². The Kier molecular flexibility index (Phi) is 5.87. The number of hydrogen-bond donors (Lipinski definition) is 1. The summed E-state index contributed by atoms with van der Waals surface area (Å²) in [6.07, 6.45) is 10.6. The van der Waals surface area contributed by atoms with Crippen LogP contribution in [0.5, 0.6) is 0 Å². The van der Waals surface area contributed by atoms with Crippen molar-refractivity contribution >= 4 is 39.1 Å². The minimum absolute atomic E-state index is 0.612. The highest BCUT2D eigenvalue weighted by Gasteiger charge is 2.20. The van der Waals surface area contributed by atoms with Crippen LogP contribution in [0.1, 0.15) is 48.9 Å². The van der Waals surface area contributed by atoms with Crippen molar-refractivity contribution in [2.75, 3.05) is 5.73 Å². The van der Waals surface area contributed by atoms with Gasteiger partial charge in [0, 0.05) is 29.4 Å². The van der Waals surface area contributed by atoms with Crippen LogP contribution in [0.2, 0.25) is 0 Å². The topological polar surface area (TPSA) is 95.4 Å². The molecule has 160 valence electrons. The van der Waals surface area contributed by atoms with Crippen molar-refractivity contribution in [3.05, 3.63) is 40.8 Å². The van der Waals surface area contributed by atoms with Crippen LogP contribution in [0.4, 0.5) is 5.82 Å². The first-order valence-corrected chi connectivity index (χ1v) is 12.6. The van der Waals surface area contributed by atoms with Gasteiger partial charge in [0.1, 0.15) is 16.5 Å². The van der Waals surface area contributed by atoms with E-state index in [-0.39, 0.29) is 0 Å². The SMILES string of the molecule is CCCn1c(SCc2nc(N)c3c4c(sc3n2)CCCCC4)nnc1-c1ccncc1. The van der Waals surface area contributed by atoms with Crippen LogP contribution >= 0.6 is 23.1 Å². The third-order valence-electron chi connectivity index (χ3n) is 5.57. The van der Waals surface area contributed by atoms with Crippen LogP contribution in [0.25, 0.3) is 21.6 Å². The van der Waals surface area contributed by atoms with Gasteiger partial charge in [0.2, 0.25) is 0 Å². The zero-order chi connectivity index (χ0) is 21.2. The lowest BCUT2D eigenvalue weighted by Gasteiger charge is -2.09. The summed E-state index contributed by atoms with van der Waals surface area (Å²) in [6.45, 7) is 3.01. The van der Waals surface area contributed by atoms with Crippen molar-refractivity contribution in [1.82, 2.24) is 29.7 Å². The van der Waals surface area contributed by atoms with Gasteiger partial charge in [0.15, 0.2) is 11.0 Å². The van der Waals surface area contributed by atoms with Gasteiger partial charge in [-0.1, -0.05) is 25.1 Å². The number of rotatable bonds is 6. The number of aryl methyl sites for hydroxylation is 2. The molecule has 31 heavy (non-hydrogen) atoms. The molecule has 0 saturated heterocycles. The summed E-state index contributed by atoms with van der Waals surface area (Å²) in [6, 6.07) is 3.92. The molecule has 1 aliphatic carbocycles. The third-order valence-corrected chi connectivity index (χ3v) is 7.72. The van der Waals surface area contributed by atoms with E-state index in [1.807, 2.05) is 12.1 Å².